The highest BCUT2D eigenvalue weighted by Gasteiger charge is 2.00. The van der Waals surface area contributed by atoms with Crippen molar-refractivity contribution < 1.29 is 0 Å². The summed E-state index contributed by atoms with van der Waals surface area (Å²) in [5, 5.41) is 3.33. The van der Waals surface area contributed by atoms with E-state index in [9.17, 15) is 0 Å². The Morgan fingerprint density at radius 1 is 1.50 bits per heavy atom. The maximum absolute atomic E-state index is 5.50. The molecule has 0 radical (unpaired) electrons. The Morgan fingerprint density at radius 3 is 2.75 bits per heavy atom. The van der Waals surface area contributed by atoms with Crippen LogP contribution in [0.5, 0.6) is 0 Å². The van der Waals surface area contributed by atoms with Gasteiger partial charge < -0.3 is 11.1 Å². The quantitative estimate of drug-likeness (QED) is 0.829. The van der Waals surface area contributed by atoms with E-state index >= 15 is 0 Å². The molecule has 0 saturated carbocycles. The van der Waals surface area contributed by atoms with E-state index in [1.807, 2.05) is 12.1 Å². The monoisotopic (exact) mass is 276 g/mol. The highest BCUT2D eigenvalue weighted by atomic mass is 127. The summed E-state index contributed by atoms with van der Waals surface area (Å²) in [4.78, 5) is 0. The predicted molar refractivity (Wildman–Crippen MR) is 61.3 cm³/mol. The Kier molecular flexibility index (Phi) is 3.81. The SMILES string of the molecule is CC(CN)Nc1ccccc1I. The maximum Gasteiger partial charge on any atom is 0.0478 e. The summed E-state index contributed by atoms with van der Waals surface area (Å²) in [6.45, 7) is 2.73. The van der Waals surface area contributed by atoms with Gasteiger partial charge in [-0.05, 0) is 41.6 Å². The van der Waals surface area contributed by atoms with Gasteiger partial charge in [-0.1, -0.05) is 12.1 Å². The molecule has 66 valence electrons. The zero-order chi connectivity index (χ0) is 8.97. The third kappa shape index (κ3) is 2.64. The van der Waals surface area contributed by atoms with Gasteiger partial charge in [0, 0.05) is 21.8 Å². The van der Waals surface area contributed by atoms with Gasteiger partial charge in [-0.3, -0.25) is 0 Å². The molecule has 0 aliphatic rings. The van der Waals surface area contributed by atoms with Crippen molar-refractivity contribution in [3.8, 4) is 0 Å². The predicted octanol–water partition coefficient (Wildman–Crippen LogP) is 2.05. The van der Waals surface area contributed by atoms with Gasteiger partial charge in [-0.25, -0.2) is 0 Å². The molecule has 0 amide bonds. The molecule has 0 saturated heterocycles. The van der Waals surface area contributed by atoms with Crippen LogP contribution in [0.25, 0.3) is 0 Å². The van der Waals surface area contributed by atoms with Crippen molar-refractivity contribution >= 4 is 28.3 Å². The van der Waals surface area contributed by atoms with Crippen molar-refractivity contribution in [1.29, 1.82) is 0 Å². The number of nitrogens with one attached hydrogen (secondary N) is 1. The summed E-state index contributed by atoms with van der Waals surface area (Å²) in [5.74, 6) is 0. The van der Waals surface area contributed by atoms with Gasteiger partial charge in [0.2, 0.25) is 0 Å². The van der Waals surface area contributed by atoms with Gasteiger partial charge in [0.05, 0.1) is 0 Å². The Balaban J connectivity index is 2.69. The molecule has 1 unspecified atom stereocenters. The van der Waals surface area contributed by atoms with Crippen molar-refractivity contribution in [1.82, 2.24) is 0 Å². The molecule has 0 bridgehead atoms. The zero-order valence-electron chi connectivity index (χ0n) is 7.05. The van der Waals surface area contributed by atoms with Crippen molar-refractivity contribution in [3.05, 3.63) is 27.8 Å². The van der Waals surface area contributed by atoms with E-state index < -0.39 is 0 Å². The van der Waals surface area contributed by atoms with Crippen LogP contribution < -0.4 is 11.1 Å². The van der Waals surface area contributed by atoms with Gasteiger partial charge in [-0.2, -0.15) is 0 Å². The molecule has 1 aromatic carbocycles. The van der Waals surface area contributed by atoms with E-state index in [4.69, 9.17) is 5.73 Å². The van der Waals surface area contributed by atoms with Gasteiger partial charge in [-0.15, -0.1) is 0 Å². The summed E-state index contributed by atoms with van der Waals surface area (Å²) in [6, 6.07) is 8.52. The van der Waals surface area contributed by atoms with Crippen LogP contribution in [0, 0.1) is 3.57 Å². The summed E-state index contributed by atoms with van der Waals surface area (Å²) >= 11 is 2.31. The van der Waals surface area contributed by atoms with Crippen LogP contribution in [0.4, 0.5) is 5.69 Å². The number of benzene rings is 1. The third-order valence-electron chi connectivity index (χ3n) is 1.63. The van der Waals surface area contributed by atoms with Crippen LogP contribution in [0.2, 0.25) is 0 Å². The molecular formula is C9H13IN2. The molecule has 1 atom stereocenters. The first-order valence-electron chi connectivity index (χ1n) is 3.95. The first kappa shape index (κ1) is 9.80. The lowest BCUT2D eigenvalue weighted by atomic mass is 10.3. The largest absolute Gasteiger partial charge is 0.380 e. The number of hydrogen-bond acceptors (Lipinski definition) is 2. The van der Waals surface area contributed by atoms with Crippen LogP contribution in [0.15, 0.2) is 24.3 Å². The Labute approximate surface area is 86.7 Å². The molecule has 12 heavy (non-hydrogen) atoms. The highest BCUT2D eigenvalue weighted by Crippen LogP contribution is 2.17. The Bertz CT molecular complexity index is 250. The van der Waals surface area contributed by atoms with Gasteiger partial charge >= 0.3 is 0 Å². The minimum absolute atomic E-state index is 0.334. The van der Waals surface area contributed by atoms with E-state index in [-0.39, 0.29) is 0 Å². The normalized spacial score (nSPS) is 12.6. The average Bonchev–Trinajstić information content (AvgIpc) is 2.09. The molecule has 0 aliphatic heterocycles. The summed E-state index contributed by atoms with van der Waals surface area (Å²) in [7, 11) is 0. The van der Waals surface area contributed by atoms with Crippen molar-refractivity contribution in [2.24, 2.45) is 5.73 Å². The lowest BCUT2D eigenvalue weighted by Crippen LogP contribution is -2.25. The molecule has 0 fully saturated rings. The average molecular weight is 276 g/mol. The second-order valence-corrected chi connectivity index (χ2v) is 3.92. The topological polar surface area (TPSA) is 38.0 Å². The smallest absolute Gasteiger partial charge is 0.0478 e. The fraction of sp³-hybridized carbons (Fsp3) is 0.333. The molecule has 0 aromatic heterocycles. The van der Waals surface area contributed by atoms with Gasteiger partial charge in [0.1, 0.15) is 0 Å². The second-order valence-electron chi connectivity index (χ2n) is 2.76. The second kappa shape index (κ2) is 4.67. The summed E-state index contributed by atoms with van der Waals surface area (Å²) in [6.07, 6.45) is 0. The number of nitrogens with two attached hydrogens (primary N) is 1. The highest BCUT2D eigenvalue weighted by molar-refractivity contribution is 14.1. The molecule has 1 rings (SSSR count). The molecule has 0 spiro atoms. The number of hydrogen-bond donors (Lipinski definition) is 2. The molecule has 3 N–H and O–H groups in total. The number of anilines is 1. The first-order valence-corrected chi connectivity index (χ1v) is 5.03. The molecular weight excluding hydrogens is 263 g/mol. The molecule has 3 heteroatoms. The molecule has 2 nitrogen and oxygen atoms in total. The van der Waals surface area contributed by atoms with E-state index in [1.54, 1.807) is 0 Å². The zero-order valence-corrected chi connectivity index (χ0v) is 9.21. The summed E-state index contributed by atoms with van der Waals surface area (Å²) in [5.41, 5.74) is 6.67. The summed E-state index contributed by atoms with van der Waals surface area (Å²) < 4.78 is 1.23. The molecule has 1 aromatic rings. The van der Waals surface area contributed by atoms with Crippen molar-refractivity contribution in [3.63, 3.8) is 0 Å². The van der Waals surface area contributed by atoms with Crippen LogP contribution in [-0.4, -0.2) is 12.6 Å². The van der Waals surface area contributed by atoms with Crippen LogP contribution in [-0.2, 0) is 0 Å². The lowest BCUT2D eigenvalue weighted by Gasteiger charge is -2.13. The van der Waals surface area contributed by atoms with Crippen LogP contribution >= 0.6 is 22.6 Å². The standard InChI is InChI=1S/C9H13IN2/c1-7(6-11)12-9-5-3-2-4-8(9)10/h2-5,7,12H,6,11H2,1H3. The molecule has 0 heterocycles. The van der Waals surface area contributed by atoms with Crippen LogP contribution in [0.1, 0.15) is 6.92 Å². The molecule has 0 aliphatic carbocycles. The van der Waals surface area contributed by atoms with Gasteiger partial charge in [0.15, 0.2) is 0 Å². The number of halogens is 1. The van der Waals surface area contributed by atoms with Crippen LogP contribution in [0.3, 0.4) is 0 Å². The Hall–Kier alpha value is -0.290. The number of rotatable bonds is 3. The van der Waals surface area contributed by atoms with E-state index in [0.717, 1.165) is 5.69 Å². The minimum atomic E-state index is 0.334. The fourth-order valence-corrected chi connectivity index (χ4v) is 1.45. The fourth-order valence-electron chi connectivity index (χ4n) is 0.903. The van der Waals surface area contributed by atoms with E-state index in [2.05, 4.69) is 47.0 Å². The van der Waals surface area contributed by atoms with E-state index in [0.29, 0.717) is 12.6 Å². The lowest BCUT2D eigenvalue weighted by molar-refractivity contribution is 0.803. The van der Waals surface area contributed by atoms with E-state index in [1.165, 1.54) is 3.57 Å². The minimum Gasteiger partial charge on any atom is -0.380 e. The maximum atomic E-state index is 5.50. The number of para-hydroxylation sites is 1. The third-order valence-corrected chi connectivity index (χ3v) is 2.57. The van der Waals surface area contributed by atoms with Gasteiger partial charge in [0.25, 0.3) is 0 Å². The Morgan fingerprint density at radius 2 is 2.17 bits per heavy atom. The van der Waals surface area contributed by atoms with Crippen molar-refractivity contribution in [2.45, 2.75) is 13.0 Å². The van der Waals surface area contributed by atoms with Crippen molar-refractivity contribution in [2.75, 3.05) is 11.9 Å². The first-order chi connectivity index (χ1) is 5.74.